The van der Waals surface area contributed by atoms with Gasteiger partial charge in [-0.25, -0.2) is 9.78 Å². The topological polar surface area (TPSA) is 66.9 Å². The van der Waals surface area contributed by atoms with Gasteiger partial charge in [-0.05, 0) is 92.1 Å². The van der Waals surface area contributed by atoms with Gasteiger partial charge in [0.2, 0.25) is 5.88 Å². The van der Waals surface area contributed by atoms with Crippen molar-refractivity contribution in [3.05, 3.63) is 51.6 Å². The molecular weight excluding hydrogens is 461 g/mol. The SMILES string of the molecule is COC(=O)c1ccc(CCCc2nc(OC)ccc2Br)c(B2OC(C)(C)C(C)(C)O2)c1. The van der Waals surface area contributed by atoms with E-state index < -0.39 is 18.3 Å². The molecule has 8 heteroatoms. The summed E-state index contributed by atoms with van der Waals surface area (Å²) in [5, 5.41) is 0. The molecule has 0 saturated carbocycles. The lowest BCUT2D eigenvalue weighted by Gasteiger charge is -2.32. The number of halogens is 1. The Balaban J connectivity index is 1.84. The minimum atomic E-state index is -0.550. The number of pyridine rings is 1. The Kier molecular flexibility index (Phi) is 7.13. The van der Waals surface area contributed by atoms with Crippen molar-refractivity contribution in [1.82, 2.24) is 4.98 Å². The number of carbonyl (C=O) groups excluding carboxylic acids is 1. The highest BCUT2D eigenvalue weighted by molar-refractivity contribution is 9.10. The first-order valence-electron chi connectivity index (χ1n) is 10.3. The van der Waals surface area contributed by atoms with Crippen molar-refractivity contribution in [2.24, 2.45) is 0 Å². The van der Waals surface area contributed by atoms with Crippen molar-refractivity contribution < 1.29 is 23.6 Å². The first-order valence-corrected chi connectivity index (χ1v) is 11.1. The summed E-state index contributed by atoms with van der Waals surface area (Å²) in [7, 11) is 2.44. The van der Waals surface area contributed by atoms with Crippen LogP contribution < -0.4 is 10.2 Å². The maximum absolute atomic E-state index is 12.1. The predicted octanol–water partition coefficient (Wildman–Crippen LogP) is 4.11. The Hall–Kier alpha value is -1.90. The van der Waals surface area contributed by atoms with Crippen LogP contribution in [0.25, 0.3) is 0 Å². The van der Waals surface area contributed by atoms with Crippen LogP contribution in [0, 0.1) is 0 Å². The van der Waals surface area contributed by atoms with E-state index in [1.165, 1.54) is 7.11 Å². The van der Waals surface area contributed by atoms with Gasteiger partial charge in [0.25, 0.3) is 0 Å². The second-order valence-electron chi connectivity index (χ2n) is 8.63. The van der Waals surface area contributed by atoms with Crippen molar-refractivity contribution in [3.8, 4) is 5.88 Å². The Bertz CT molecular complexity index is 947. The summed E-state index contributed by atoms with van der Waals surface area (Å²) >= 11 is 3.56. The lowest BCUT2D eigenvalue weighted by atomic mass is 9.74. The number of aryl methyl sites for hydroxylation is 2. The molecule has 0 aliphatic carbocycles. The van der Waals surface area contributed by atoms with Gasteiger partial charge in [-0.3, -0.25) is 0 Å². The van der Waals surface area contributed by atoms with Gasteiger partial charge >= 0.3 is 13.1 Å². The molecule has 6 nitrogen and oxygen atoms in total. The van der Waals surface area contributed by atoms with Crippen molar-refractivity contribution >= 4 is 34.5 Å². The zero-order valence-corrected chi connectivity index (χ0v) is 20.5. The molecule has 0 radical (unpaired) electrons. The van der Waals surface area contributed by atoms with Gasteiger partial charge in [-0.2, -0.15) is 0 Å². The smallest absolute Gasteiger partial charge is 0.481 e. The Morgan fingerprint density at radius 2 is 1.74 bits per heavy atom. The van der Waals surface area contributed by atoms with Crippen molar-refractivity contribution in [1.29, 1.82) is 0 Å². The molecule has 0 N–H and O–H groups in total. The zero-order chi connectivity index (χ0) is 22.8. The maximum Gasteiger partial charge on any atom is 0.495 e. The third kappa shape index (κ3) is 5.13. The van der Waals surface area contributed by atoms with E-state index in [9.17, 15) is 4.79 Å². The Morgan fingerprint density at radius 1 is 1.06 bits per heavy atom. The van der Waals surface area contributed by atoms with Crippen molar-refractivity contribution in [3.63, 3.8) is 0 Å². The molecule has 0 unspecified atom stereocenters. The lowest BCUT2D eigenvalue weighted by molar-refractivity contribution is 0.00578. The van der Waals surface area contributed by atoms with E-state index in [0.717, 1.165) is 40.5 Å². The minimum absolute atomic E-state index is 0.381. The molecule has 0 bridgehead atoms. The molecule has 1 aliphatic heterocycles. The highest BCUT2D eigenvalue weighted by Gasteiger charge is 2.52. The standard InChI is InChI=1S/C23H29BBrNO5/c1-22(2)23(3,4)31-24(30-22)17-14-16(21(27)29-6)11-10-15(17)8-7-9-19-18(25)12-13-20(26-19)28-5/h10-14H,7-9H2,1-6H3. The molecule has 1 aromatic heterocycles. The molecule has 1 fully saturated rings. The van der Waals surface area contributed by atoms with Crippen LogP contribution in [0.15, 0.2) is 34.8 Å². The normalized spacial score (nSPS) is 16.9. The van der Waals surface area contributed by atoms with E-state index in [2.05, 4.69) is 20.9 Å². The summed E-state index contributed by atoms with van der Waals surface area (Å²) in [6, 6.07) is 9.34. The number of methoxy groups -OCH3 is 2. The fourth-order valence-electron chi connectivity index (χ4n) is 3.46. The van der Waals surface area contributed by atoms with Gasteiger partial charge in [-0.15, -0.1) is 0 Å². The van der Waals surface area contributed by atoms with E-state index in [1.807, 2.05) is 52.0 Å². The molecule has 1 saturated heterocycles. The quantitative estimate of drug-likeness (QED) is 0.430. The number of carbonyl (C=O) groups is 1. The molecule has 3 rings (SSSR count). The van der Waals surface area contributed by atoms with Crippen LogP contribution in [0.5, 0.6) is 5.88 Å². The predicted molar refractivity (Wildman–Crippen MR) is 124 cm³/mol. The summed E-state index contributed by atoms with van der Waals surface area (Å²) < 4.78 is 23.6. The monoisotopic (exact) mass is 489 g/mol. The molecule has 2 aromatic rings. The minimum Gasteiger partial charge on any atom is -0.481 e. The molecule has 1 aromatic carbocycles. The van der Waals surface area contributed by atoms with E-state index in [1.54, 1.807) is 13.2 Å². The first kappa shape index (κ1) is 23.8. The highest BCUT2D eigenvalue weighted by atomic mass is 79.9. The van der Waals surface area contributed by atoms with E-state index >= 15 is 0 Å². The Labute approximate surface area is 192 Å². The summed E-state index contributed by atoms with van der Waals surface area (Å²) in [5.74, 6) is 0.215. The number of esters is 1. The third-order valence-corrected chi connectivity index (χ3v) is 6.76. The fraction of sp³-hybridized carbons (Fsp3) is 0.478. The number of aromatic nitrogens is 1. The van der Waals surface area contributed by atoms with Gasteiger partial charge in [0.15, 0.2) is 0 Å². The van der Waals surface area contributed by atoms with Crippen molar-refractivity contribution in [2.45, 2.75) is 58.2 Å². The van der Waals surface area contributed by atoms with E-state index in [4.69, 9.17) is 18.8 Å². The van der Waals surface area contributed by atoms with E-state index in [-0.39, 0.29) is 5.97 Å². The number of rotatable bonds is 7. The van der Waals surface area contributed by atoms with Crippen LogP contribution in [-0.4, -0.2) is 43.5 Å². The van der Waals surface area contributed by atoms with Crippen LogP contribution in [0.4, 0.5) is 0 Å². The number of hydrogen-bond acceptors (Lipinski definition) is 6. The Morgan fingerprint density at radius 3 is 2.35 bits per heavy atom. The van der Waals surface area contributed by atoms with E-state index in [0.29, 0.717) is 11.4 Å². The highest BCUT2D eigenvalue weighted by Crippen LogP contribution is 2.37. The second kappa shape index (κ2) is 9.31. The molecule has 166 valence electrons. The molecule has 1 aliphatic rings. The first-order chi connectivity index (χ1) is 14.6. The summed E-state index contributed by atoms with van der Waals surface area (Å²) in [6.45, 7) is 8.07. The molecule has 2 heterocycles. The number of benzene rings is 1. The van der Waals surface area contributed by atoms with Crippen LogP contribution in [0.3, 0.4) is 0 Å². The lowest BCUT2D eigenvalue weighted by Crippen LogP contribution is -2.41. The number of ether oxygens (including phenoxy) is 2. The summed E-state index contributed by atoms with van der Waals surface area (Å²) in [6.07, 6.45) is 2.42. The third-order valence-electron chi connectivity index (χ3n) is 6.04. The van der Waals surface area contributed by atoms with Crippen molar-refractivity contribution in [2.75, 3.05) is 14.2 Å². The zero-order valence-electron chi connectivity index (χ0n) is 19.0. The van der Waals surface area contributed by atoms with Gasteiger partial charge < -0.3 is 18.8 Å². The maximum atomic E-state index is 12.1. The molecule has 0 spiro atoms. The van der Waals surface area contributed by atoms with Gasteiger partial charge in [0, 0.05) is 10.5 Å². The average molecular weight is 490 g/mol. The summed E-state index contributed by atoms with van der Waals surface area (Å²) in [4.78, 5) is 16.6. The molecular formula is C23H29BBrNO5. The molecule has 0 amide bonds. The van der Waals surface area contributed by atoms with Gasteiger partial charge in [-0.1, -0.05) is 6.07 Å². The van der Waals surface area contributed by atoms with Gasteiger partial charge in [0.05, 0.1) is 36.7 Å². The van der Waals surface area contributed by atoms with Gasteiger partial charge in [0.1, 0.15) is 0 Å². The summed E-state index contributed by atoms with van der Waals surface area (Å²) in [5.41, 5.74) is 2.43. The van der Waals surface area contributed by atoms with Crippen LogP contribution in [0.2, 0.25) is 0 Å². The van der Waals surface area contributed by atoms with Crippen LogP contribution >= 0.6 is 15.9 Å². The molecule has 31 heavy (non-hydrogen) atoms. The van der Waals surface area contributed by atoms with Crippen LogP contribution in [-0.2, 0) is 26.9 Å². The molecule has 0 atom stereocenters. The fourth-order valence-corrected chi connectivity index (χ4v) is 3.88. The largest absolute Gasteiger partial charge is 0.495 e. The number of nitrogens with zero attached hydrogens (tertiary/aromatic N) is 1. The average Bonchev–Trinajstić information content (AvgIpc) is 2.95. The number of hydrogen-bond donors (Lipinski definition) is 0. The van der Waals surface area contributed by atoms with Crippen LogP contribution in [0.1, 0.15) is 55.7 Å². The second-order valence-corrected chi connectivity index (χ2v) is 9.48.